The van der Waals surface area contributed by atoms with Crippen LogP contribution in [0.25, 0.3) is 10.9 Å². The Hall–Kier alpha value is -2.63. The number of ether oxygens (including phenoxy) is 1. The van der Waals surface area contributed by atoms with Crippen molar-refractivity contribution >= 4 is 23.0 Å². The van der Waals surface area contributed by atoms with E-state index in [0.717, 1.165) is 10.9 Å². The Morgan fingerprint density at radius 2 is 1.91 bits per heavy atom. The van der Waals surface area contributed by atoms with Crippen molar-refractivity contribution in [3.05, 3.63) is 42.1 Å². The van der Waals surface area contributed by atoms with Crippen molar-refractivity contribution < 1.29 is 19.4 Å². The summed E-state index contributed by atoms with van der Waals surface area (Å²) in [7, 11) is 0. The number of rotatable bonds is 4. The highest BCUT2D eigenvalue weighted by Crippen LogP contribution is 2.19. The molecule has 2 N–H and O–H groups in total. The summed E-state index contributed by atoms with van der Waals surface area (Å²) in [5, 5.41) is 12.6. The minimum atomic E-state index is -1.10. The van der Waals surface area contributed by atoms with Crippen LogP contribution in [0.2, 0.25) is 0 Å². The average molecular weight is 316 g/mol. The van der Waals surface area contributed by atoms with Gasteiger partial charge in [0.1, 0.15) is 12.6 Å². The van der Waals surface area contributed by atoms with Crippen molar-refractivity contribution in [2.24, 2.45) is 5.41 Å². The Morgan fingerprint density at radius 1 is 1.22 bits per heavy atom. The Kier molecular flexibility index (Phi) is 4.83. The molecule has 2 rings (SSSR count). The second-order valence-corrected chi connectivity index (χ2v) is 6.35. The van der Waals surface area contributed by atoms with E-state index in [-0.39, 0.29) is 6.61 Å². The Bertz CT molecular complexity index is 722. The molecule has 122 valence electrons. The normalized spacial score (nSPS) is 12.7. The van der Waals surface area contributed by atoms with Crippen molar-refractivity contribution in [2.75, 3.05) is 0 Å². The van der Waals surface area contributed by atoms with Crippen LogP contribution in [0.1, 0.15) is 26.5 Å². The fourth-order valence-electron chi connectivity index (χ4n) is 2.14. The molecule has 1 atom stereocenters. The third-order valence-corrected chi connectivity index (χ3v) is 3.38. The molecule has 0 fully saturated rings. The largest absolute Gasteiger partial charge is 0.480 e. The fraction of sp³-hybridized carbons (Fsp3) is 0.353. The standard InChI is InChI=1S/C17H20N2O4/c1-17(2,3)14(15(20)21)19-16(22)23-10-12-9-8-11-6-4-5-7-13(11)18-12/h4-9,14H,10H2,1-3H3,(H,19,22)(H,20,21). The summed E-state index contributed by atoms with van der Waals surface area (Å²) in [4.78, 5) is 27.4. The monoisotopic (exact) mass is 316 g/mol. The molecule has 0 aliphatic rings. The van der Waals surface area contributed by atoms with Gasteiger partial charge in [-0.15, -0.1) is 0 Å². The maximum atomic E-state index is 11.8. The number of carboxylic acids is 1. The maximum absolute atomic E-state index is 11.8. The summed E-state index contributed by atoms with van der Waals surface area (Å²) in [5.74, 6) is -1.10. The second kappa shape index (κ2) is 6.64. The first kappa shape index (κ1) is 16.7. The van der Waals surface area contributed by atoms with E-state index in [0.29, 0.717) is 5.69 Å². The van der Waals surface area contributed by atoms with E-state index in [1.807, 2.05) is 30.3 Å². The molecule has 6 nitrogen and oxygen atoms in total. The fourth-order valence-corrected chi connectivity index (χ4v) is 2.14. The quantitative estimate of drug-likeness (QED) is 0.905. The number of fused-ring (bicyclic) bond motifs is 1. The van der Waals surface area contributed by atoms with Crippen LogP contribution in [0.15, 0.2) is 36.4 Å². The van der Waals surface area contributed by atoms with Gasteiger partial charge in [0.05, 0.1) is 11.2 Å². The first-order chi connectivity index (χ1) is 10.8. The molecule has 0 saturated heterocycles. The predicted molar refractivity (Wildman–Crippen MR) is 85.9 cm³/mol. The van der Waals surface area contributed by atoms with Gasteiger partial charge >= 0.3 is 12.1 Å². The molecule has 6 heteroatoms. The molecule has 1 heterocycles. The van der Waals surface area contributed by atoms with Crippen molar-refractivity contribution in [3.8, 4) is 0 Å². The lowest BCUT2D eigenvalue weighted by Gasteiger charge is -2.27. The van der Waals surface area contributed by atoms with Gasteiger partial charge in [0.15, 0.2) is 0 Å². The average Bonchev–Trinajstić information content (AvgIpc) is 2.49. The van der Waals surface area contributed by atoms with Gasteiger partial charge in [-0.1, -0.05) is 45.0 Å². The van der Waals surface area contributed by atoms with Crippen molar-refractivity contribution in [1.29, 1.82) is 0 Å². The highest BCUT2D eigenvalue weighted by molar-refractivity contribution is 5.81. The summed E-state index contributed by atoms with van der Waals surface area (Å²) in [5.41, 5.74) is 0.792. The number of aliphatic carboxylic acids is 1. The van der Waals surface area contributed by atoms with Gasteiger partial charge in [-0.3, -0.25) is 0 Å². The first-order valence-electron chi connectivity index (χ1n) is 7.28. The van der Waals surface area contributed by atoms with Gasteiger partial charge in [0.25, 0.3) is 0 Å². The lowest BCUT2D eigenvalue weighted by molar-refractivity contribution is -0.142. The number of hydrogen-bond acceptors (Lipinski definition) is 4. The Balaban J connectivity index is 1.98. The molecule has 23 heavy (non-hydrogen) atoms. The summed E-state index contributed by atoms with van der Waals surface area (Å²) >= 11 is 0. The van der Waals surface area contributed by atoms with E-state index in [1.165, 1.54) is 0 Å². The minimum Gasteiger partial charge on any atom is -0.480 e. The van der Waals surface area contributed by atoms with E-state index in [1.54, 1.807) is 26.8 Å². The highest BCUT2D eigenvalue weighted by Gasteiger charge is 2.33. The molecule has 0 radical (unpaired) electrons. The van der Waals surface area contributed by atoms with Crippen molar-refractivity contribution in [2.45, 2.75) is 33.4 Å². The van der Waals surface area contributed by atoms with Crippen LogP contribution in [0.3, 0.4) is 0 Å². The van der Waals surface area contributed by atoms with Gasteiger partial charge in [-0.05, 0) is 17.5 Å². The molecule has 1 amide bonds. The van der Waals surface area contributed by atoms with Crippen LogP contribution >= 0.6 is 0 Å². The SMILES string of the molecule is CC(C)(C)C(NC(=O)OCc1ccc2ccccc2n1)C(=O)O. The molecule has 0 spiro atoms. The highest BCUT2D eigenvalue weighted by atomic mass is 16.5. The van der Waals surface area contributed by atoms with Crippen LogP contribution < -0.4 is 5.32 Å². The van der Waals surface area contributed by atoms with Crippen LogP contribution in [-0.4, -0.2) is 28.2 Å². The molecule has 1 unspecified atom stereocenters. The molecule has 1 aromatic heterocycles. The van der Waals surface area contributed by atoms with Gasteiger partial charge in [0.2, 0.25) is 0 Å². The Morgan fingerprint density at radius 3 is 2.57 bits per heavy atom. The third-order valence-electron chi connectivity index (χ3n) is 3.38. The number of alkyl carbamates (subject to hydrolysis) is 1. The number of hydrogen-bond donors (Lipinski definition) is 2. The van der Waals surface area contributed by atoms with E-state index in [2.05, 4.69) is 10.3 Å². The summed E-state index contributed by atoms with van der Waals surface area (Å²) < 4.78 is 5.08. The van der Waals surface area contributed by atoms with Gasteiger partial charge in [0, 0.05) is 5.39 Å². The van der Waals surface area contributed by atoms with Crippen LogP contribution in [-0.2, 0) is 16.1 Å². The molecule has 0 aliphatic heterocycles. The van der Waals surface area contributed by atoms with Gasteiger partial charge in [-0.2, -0.15) is 0 Å². The van der Waals surface area contributed by atoms with E-state index < -0.39 is 23.5 Å². The molecule has 0 saturated carbocycles. The molecule has 0 aliphatic carbocycles. The number of carbonyl (C=O) groups is 2. The zero-order valence-electron chi connectivity index (χ0n) is 13.4. The van der Waals surface area contributed by atoms with E-state index in [9.17, 15) is 14.7 Å². The summed E-state index contributed by atoms with van der Waals surface area (Å²) in [6.07, 6.45) is -0.776. The smallest absolute Gasteiger partial charge is 0.408 e. The minimum absolute atomic E-state index is 0.0207. The van der Waals surface area contributed by atoms with Crippen LogP contribution in [0, 0.1) is 5.41 Å². The number of amides is 1. The third kappa shape index (κ3) is 4.42. The number of carbonyl (C=O) groups excluding carboxylic acids is 1. The lowest BCUT2D eigenvalue weighted by Crippen LogP contribution is -2.49. The molecule has 2 aromatic rings. The van der Waals surface area contributed by atoms with E-state index in [4.69, 9.17) is 4.74 Å². The zero-order valence-corrected chi connectivity index (χ0v) is 13.4. The second-order valence-electron chi connectivity index (χ2n) is 6.35. The number of benzene rings is 1. The van der Waals surface area contributed by atoms with Gasteiger partial charge < -0.3 is 15.2 Å². The first-order valence-corrected chi connectivity index (χ1v) is 7.28. The predicted octanol–water partition coefficient (Wildman–Crippen LogP) is 2.96. The molecular weight excluding hydrogens is 296 g/mol. The van der Waals surface area contributed by atoms with Crippen LogP contribution in [0.4, 0.5) is 4.79 Å². The van der Waals surface area contributed by atoms with E-state index >= 15 is 0 Å². The Labute approximate surface area is 134 Å². The van der Waals surface area contributed by atoms with Crippen molar-refractivity contribution in [1.82, 2.24) is 10.3 Å². The maximum Gasteiger partial charge on any atom is 0.408 e. The topological polar surface area (TPSA) is 88.5 Å². The number of nitrogens with zero attached hydrogens (tertiary/aromatic N) is 1. The number of para-hydroxylation sites is 1. The summed E-state index contributed by atoms with van der Waals surface area (Å²) in [6.45, 7) is 5.18. The number of carboxylic acid groups (broad SMARTS) is 1. The molecular formula is C17H20N2O4. The number of nitrogens with one attached hydrogen (secondary N) is 1. The number of pyridine rings is 1. The zero-order chi connectivity index (χ0) is 17.0. The molecule has 1 aromatic carbocycles. The number of aromatic nitrogens is 1. The van der Waals surface area contributed by atoms with Crippen LogP contribution in [0.5, 0.6) is 0 Å². The molecule has 0 bridgehead atoms. The summed E-state index contributed by atoms with van der Waals surface area (Å²) in [6, 6.07) is 10.3. The van der Waals surface area contributed by atoms with Crippen molar-refractivity contribution in [3.63, 3.8) is 0 Å². The van der Waals surface area contributed by atoms with Gasteiger partial charge in [-0.25, -0.2) is 14.6 Å². The lowest BCUT2D eigenvalue weighted by atomic mass is 9.87.